The Labute approximate surface area is 123 Å². The molecule has 0 bridgehead atoms. The lowest BCUT2D eigenvalue weighted by atomic mass is 10.1. The summed E-state index contributed by atoms with van der Waals surface area (Å²) in [6, 6.07) is 4.03. The minimum atomic E-state index is -1.06. The third kappa shape index (κ3) is 3.87. The van der Waals surface area contributed by atoms with Crippen molar-refractivity contribution in [3.63, 3.8) is 0 Å². The van der Waals surface area contributed by atoms with Crippen molar-refractivity contribution < 1.29 is 14.7 Å². The Balaban J connectivity index is 2.90. The number of hydrogen-bond donors (Lipinski definition) is 2. The number of nitrogens with one attached hydrogen (secondary N) is 1. The number of anilines is 1. The highest BCUT2D eigenvalue weighted by Gasteiger charge is 2.18. The van der Waals surface area contributed by atoms with Crippen molar-refractivity contribution in [2.24, 2.45) is 0 Å². The SMILES string of the molecule is CCC(CC)N(C)C(=O)Nc1cc(C(=O)O)ccc1Cl. The fourth-order valence-electron chi connectivity index (χ4n) is 1.96. The molecule has 0 unspecified atom stereocenters. The smallest absolute Gasteiger partial charge is 0.335 e. The fraction of sp³-hybridized carbons (Fsp3) is 0.429. The van der Waals surface area contributed by atoms with Crippen molar-refractivity contribution in [2.45, 2.75) is 32.7 Å². The van der Waals surface area contributed by atoms with E-state index in [0.29, 0.717) is 10.7 Å². The van der Waals surface area contributed by atoms with Gasteiger partial charge in [-0.2, -0.15) is 0 Å². The first-order chi connectivity index (χ1) is 9.40. The molecule has 0 aliphatic carbocycles. The van der Waals surface area contributed by atoms with Crippen molar-refractivity contribution in [1.82, 2.24) is 4.90 Å². The van der Waals surface area contributed by atoms with Crippen LogP contribution in [-0.4, -0.2) is 35.1 Å². The minimum Gasteiger partial charge on any atom is -0.478 e. The second-order valence-corrected chi connectivity index (χ2v) is 4.92. The van der Waals surface area contributed by atoms with Crippen LogP contribution >= 0.6 is 11.6 Å². The molecule has 0 aliphatic heterocycles. The molecule has 2 N–H and O–H groups in total. The lowest BCUT2D eigenvalue weighted by Crippen LogP contribution is -2.39. The van der Waals surface area contributed by atoms with Crippen LogP contribution in [0.1, 0.15) is 37.0 Å². The van der Waals surface area contributed by atoms with Crippen LogP contribution in [0, 0.1) is 0 Å². The largest absolute Gasteiger partial charge is 0.478 e. The normalized spacial score (nSPS) is 10.4. The second-order valence-electron chi connectivity index (χ2n) is 4.51. The van der Waals surface area contributed by atoms with Crippen molar-refractivity contribution in [2.75, 3.05) is 12.4 Å². The Hall–Kier alpha value is -1.75. The lowest BCUT2D eigenvalue weighted by Gasteiger charge is -2.26. The summed E-state index contributed by atoms with van der Waals surface area (Å²) in [5.41, 5.74) is 0.379. The molecule has 0 aliphatic rings. The van der Waals surface area contributed by atoms with Crippen LogP contribution in [-0.2, 0) is 0 Å². The van der Waals surface area contributed by atoms with Gasteiger partial charge in [0.05, 0.1) is 16.3 Å². The van der Waals surface area contributed by atoms with Crippen LogP contribution < -0.4 is 5.32 Å². The molecule has 1 aromatic rings. The maximum Gasteiger partial charge on any atom is 0.335 e. The molecule has 20 heavy (non-hydrogen) atoms. The highest BCUT2D eigenvalue weighted by Crippen LogP contribution is 2.23. The van der Waals surface area contributed by atoms with Crippen molar-refractivity contribution in [1.29, 1.82) is 0 Å². The number of amides is 2. The van der Waals surface area contributed by atoms with E-state index in [1.165, 1.54) is 18.2 Å². The molecule has 5 nitrogen and oxygen atoms in total. The van der Waals surface area contributed by atoms with Crippen LogP contribution in [0.2, 0.25) is 5.02 Å². The number of rotatable bonds is 5. The lowest BCUT2D eigenvalue weighted by molar-refractivity contribution is 0.0697. The van der Waals surface area contributed by atoms with Crippen molar-refractivity contribution >= 4 is 29.3 Å². The molecule has 1 aromatic carbocycles. The first-order valence-electron chi connectivity index (χ1n) is 6.47. The van der Waals surface area contributed by atoms with Crippen LogP contribution in [0.25, 0.3) is 0 Å². The van der Waals surface area contributed by atoms with E-state index < -0.39 is 5.97 Å². The predicted molar refractivity (Wildman–Crippen MR) is 79.6 cm³/mol. The van der Waals surface area contributed by atoms with Gasteiger partial charge in [0.15, 0.2) is 0 Å². The molecular weight excluding hydrogens is 280 g/mol. The molecule has 0 saturated carbocycles. The van der Waals surface area contributed by atoms with Gasteiger partial charge in [-0.25, -0.2) is 9.59 Å². The number of nitrogens with zero attached hydrogens (tertiary/aromatic N) is 1. The van der Waals surface area contributed by atoms with E-state index in [1.54, 1.807) is 11.9 Å². The zero-order chi connectivity index (χ0) is 15.3. The van der Waals surface area contributed by atoms with E-state index in [-0.39, 0.29) is 17.6 Å². The Morgan fingerprint density at radius 2 is 1.95 bits per heavy atom. The summed E-state index contributed by atoms with van der Waals surface area (Å²) >= 11 is 5.97. The number of carboxylic acids is 1. The number of benzene rings is 1. The summed E-state index contributed by atoms with van der Waals surface area (Å²) in [6.07, 6.45) is 1.70. The monoisotopic (exact) mass is 298 g/mol. The Morgan fingerprint density at radius 1 is 1.35 bits per heavy atom. The molecule has 0 spiro atoms. The van der Waals surface area contributed by atoms with Gasteiger partial charge in [-0.3, -0.25) is 0 Å². The number of carboxylic acid groups (broad SMARTS) is 1. The van der Waals surface area contributed by atoms with Gasteiger partial charge in [-0.1, -0.05) is 25.4 Å². The maximum atomic E-state index is 12.1. The summed E-state index contributed by atoms with van der Waals surface area (Å²) in [7, 11) is 1.71. The van der Waals surface area contributed by atoms with Crippen LogP contribution in [0.5, 0.6) is 0 Å². The van der Waals surface area contributed by atoms with E-state index in [4.69, 9.17) is 16.7 Å². The number of hydrogen-bond acceptors (Lipinski definition) is 2. The molecule has 0 radical (unpaired) electrons. The summed E-state index contributed by atoms with van der Waals surface area (Å²) in [6.45, 7) is 4.02. The summed E-state index contributed by atoms with van der Waals surface area (Å²) in [5, 5.41) is 11.9. The van der Waals surface area contributed by atoms with Gasteiger partial charge in [-0.15, -0.1) is 0 Å². The van der Waals surface area contributed by atoms with E-state index in [9.17, 15) is 9.59 Å². The van der Waals surface area contributed by atoms with E-state index in [2.05, 4.69) is 5.32 Å². The highest BCUT2D eigenvalue weighted by atomic mass is 35.5. The van der Waals surface area contributed by atoms with Gasteiger partial charge >= 0.3 is 12.0 Å². The van der Waals surface area contributed by atoms with Crippen LogP contribution in [0.4, 0.5) is 10.5 Å². The second kappa shape index (κ2) is 7.14. The van der Waals surface area contributed by atoms with Crippen molar-refractivity contribution in [3.05, 3.63) is 28.8 Å². The van der Waals surface area contributed by atoms with E-state index >= 15 is 0 Å². The number of carbonyl (C=O) groups excluding carboxylic acids is 1. The molecule has 0 atom stereocenters. The number of urea groups is 1. The maximum absolute atomic E-state index is 12.1. The van der Waals surface area contributed by atoms with Crippen LogP contribution in [0.15, 0.2) is 18.2 Å². The molecule has 110 valence electrons. The average molecular weight is 299 g/mol. The van der Waals surface area contributed by atoms with Gasteiger partial charge in [-0.05, 0) is 31.0 Å². The molecule has 6 heteroatoms. The van der Waals surface area contributed by atoms with Crippen LogP contribution in [0.3, 0.4) is 0 Å². The first-order valence-corrected chi connectivity index (χ1v) is 6.85. The molecule has 2 amide bonds. The molecular formula is C14H19ClN2O3. The quantitative estimate of drug-likeness (QED) is 0.871. The Morgan fingerprint density at radius 3 is 2.45 bits per heavy atom. The van der Waals surface area contributed by atoms with E-state index in [1.807, 2.05) is 13.8 Å². The molecule has 0 saturated heterocycles. The van der Waals surface area contributed by atoms with Gasteiger partial charge in [0, 0.05) is 13.1 Å². The predicted octanol–water partition coefficient (Wildman–Crippen LogP) is 3.69. The summed E-state index contributed by atoms with van der Waals surface area (Å²) in [4.78, 5) is 24.6. The van der Waals surface area contributed by atoms with Gasteiger partial charge in [0.25, 0.3) is 0 Å². The summed E-state index contributed by atoms with van der Waals surface area (Å²) in [5.74, 6) is -1.06. The first kappa shape index (κ1) is 16.3. The molecule has 0 heterocycles. The minimum absolute atomic E-state index is 0.0786. The Bertz CT molecular complexity index is 501. The third-order valence-electron chi connectivity index (χ3n) is 3.27. The molecule has 0 aromatic heterocycles. The molecule has 1 rings (SSSR count). The fourth-order valence-corrected chi connectivity index (χ4v) is 2.12. The zero-order valence-electron chi connectivity index (χ0n) is 11.8. The van der Waals surface area contributed by atoms with Gasteiger partial charge in [0.1, 0.15) is 0 Å². The number of aromatic carboxylic acids is 1. The third-order valence-corrected chi connectivity index (χ3v) is 3.60. The van der Waals surface area contributed by atoms with Gasteiger partial charge < -0.3 is 15.3 Å². The number of carbonyl (C=O) groups is 2. The highest BCUT2D eigenvalue weighted by molar-refractivity contribution is 6.33. The average Bonchev–Trinajstić information content (AvgIpc) is 2.42. The molecule has 0 fully saturated rings. The van der Waals surface area contributed by atoms with Crippen molar-refractivity contribution in [3.8, 4) is 0 Å². The Kier molecular flexibility index (Phi) is 5.82. The summed E-state index contributed by atoms with van der Waals surface area (Å²) < 4.78 is 0. The van der Waals surface area contributed by atoms with Gasteiger partial charge in [0.2, 0.25) is 0 Å². The zero-order valence-corrected chi connectivity index (χ0v) is 12.6. The number of halogens is 1. The standard InChI is InChI=1S/C14H19ClN2O3/c1-4-10(5-2)17(3)14(20)16-12-8-9(13(18)19)6-7-11(12)15/h6-8,10H,4-5H2,1-3H3,(H,16,20)(H,18,19). The van der Waals surface area contributed by atoms with E-state index in [0.717, 1.165) is 12.8 Å². The topological polar surface area (TPSA) is 69.6 Å².